The van der Waals surface area contributed by atoms with Gasteiger partial charge < -0.3 is 23.8 Å². The van der Waals surface area contributed by atoms with Crippen LogP contribution in [0.1, 0.15) is 51.4 Å². The van der Waals surface area contributed by atoms with E-state index in [0.29, 0.717) is 18.2 Å². The summed E-state index contributed by atoms with van der Waals surface area (Å²) in [6, 6.07) is 1.43. The lowest BCUT2D eigenvalue weighted by molar-refractivity contribution is -0.882. The van der Waals surface area contributed by atoms with Crippen LogP contribution >= 0.6 is 11.8 Å². The van der Waals surface area contributed by atoms with E-state index in [-0.39, 0.29) is 0 Å². The number of epoxide rings is 2. The van der Waals surface area contributed by atoms with Gasteiger partial charge in [-0.25, -0.2) is 0 Å². The van der Waals surface area contributed by atoms with E-state index in [2.05, 4.69) is 28.8 Å². The highest BCUT2D eigenvalue weighted by molar-refractivity contribution is 8.03. The maximum Gasteiger partial charge on any atom is 0.130 e. The van der Waals surface area contributed by atoms with Gasteiger partial charge in [0.25, 0.3) is 0 Å². The molecule has 5 fully saturated rings. The summed E-state index contributed by atoms with van der Waals surface area (Å²) in [6.07, 6.45) is 16.8. The minimum Gasteiger partial charge on any atom is -0.377 e. The predicted octanol–water partition coefficient (Wildman–Crippen LogP) is 2.36. The maximum atomic E-state index is 5.97. The van der Waals surface area contributed by atoms with Crippen molar-refractivity contribution in [3.8, 4) is 0 Å². The monoisotopic (exact) mass is 477 g/mol. The van der Waals surface area contributed by atoms with Gasteiger partial charge in [0.1, 0.15) is 24.4 Å². The highest BCUT2D eigenvalue weighted by Gasteiger charge is 2.43. The molecule has 33 heavy (non-hydrogen) atoms. The van der Waals surface area contributed by atoms with Crippen molar-refractivity contribution >= 4 is 11.8 Å². The number of thioether (sulfide) groups is 1. The van der Waals surface area contributed by atoms with E-state index >= 15 is 0 Å². The van der Waals surface area contributed by atoms with Gasteiger partial charge in [0.15, 0.2) is 0 Å². The molecule has 0 amide bonds. The molecule has 4 heterocycles. The highest BCUT2D eigenvalue weighted by atomic mass is 32.2. The lowest BCUT2D eigenvalue weighted by atomic mass is 9.86. The van der Waals surface area contributed by atoms with Crippen molar-refractivity contribution in [3.63, 3.8) is 0 Å². The van der Waals surface area contributed by atoms with E-state index in [1.165, 1.54) is 62.1 Å². The van der Waals surface area contributed by atoms with Gasteiger partial charge in [-0.05, 0) is 31.8 Å². The normalized spacial score (nSPS) is 40.6. The Labute approximate surface area is 203 Å². The van der Waals surface area contributed by atoms with E-state index in [1.54, 1.807) is 4.90 Å². The highest BCUT2D eigenvalue weighted by Crippen LogP contribution is 2.46. The number of quaternary nitrogens is 1. The SMILES string of the molecule is C(=C1SC2CCCCC2N1CCOCC1CO1)C1=CC2CCCCC2[NH+]1CCOCC1CO1. The quantitative estimate of drug-likeness (QED) is 0.364. The molecule has 0 bridgehead atoms. The van der Waals surface area contributed by atoms with Crippen molar-refractivity contribution in [2.75, 3.05) is 52.7 Å². The second kappa shape index (κ2) is 10.6. The number of ether oxygens (including phenoxy) is 4. The van der Waals surface area contributed by atoms with Gasteiger partial charge in [0.2, 0.25) is 0 Å². The zero-order valence-corrected chi connectivity index (χ0v) is 20.7. The third-order valence-corrected chi connectivity index (χ3v) is 9.78. The Balaban J connectivity index is 1.14. The van der Waals surface area contributed by atoms with E-state index in [0.717, 1.165) is 69.9 Å². The number of nitrogens with zero attached hydrogens (tertiary/aromatic N) is 1. The number of hydrogen-bond donors (Lipinski definition) is 1. The molecule has 7 heteroatoms. The second-order valence-corrected chi connectivity index (χ2v) is 12.0. The Bertz CT molecular complexity index is 738. The first-order valence-corrected chi connectivity index (χ1v) is 14.3. The maximum absolute atomic E-state index is 5.97. The van der Waals surface area contributed by atoms with Crippen LogP contribution in [0.5, 0.6) is 0 Å². The average molecular weight is 478 g/mol. The molecule has 6 aliphatic rings. The van der Waals surface area contributed by atoms with Crippen molar-refractivity contribution in [1.29, 1.82) is 0 Å². The first-order chi connectivity index (χ1) is 16.3. The van der Waals surface area contributed by atoms with Crippen molar-refractivity contribution in [2.45, 2.75) is 80.9 Å². The van der Waals surface area contributed by atoms with E-state index in [4.69, 9.17) is 18.9 Å². The van der Waals surface area contributed by atoms with Gasteiger partial charge in [0.05, 0.1) is 50.7 Å². The summed E-state index contributed by atoms with van der Waals surface area (Å²) < 4.78 is 22.5. The van der Waals surface area contributed by atoms with Gasteiger partial charge in [0, 0.05) is 36.3 Å². The summed E-state index contributed by atoms with van der Waals surface area (Å²) >= 11 is 2.15. The lowest BCUT2D eigenvalue weighted by Crippen LogP contribution is -3.13. The number of nitrogens with one attached hydrogen (secondary N) is 1. The Morgan fingerprint density at radius 2 is 1.70 bits per heavy atom. The van der Waals surface area contributed by atoms with Crippen LogP contribution in [0.2, 0.25) is 0 Å². The smallest absolute Gasteiger partial charge is 0.130 e. The fourth-order valence-electron chi connectivity index (χ4n) is 6.40. The standard InChI is InChI=1S/C26H40N2O4S/c1-2-6-23-19(5-1)13-20(27(23)9-11-29-15-21-17-31-21)14-26-28(10-12-30-16-22-18-32-22)24-7-3-4-8-25(24)33-26/h13-14,19,21-25H,1-12,15-18H2/p+1. The zero-order chi connectivity index (χ0) is 22.0. The summed E-state index contributed by atoms with van der Waals surface area (Å²) in [5, 5.41) is 2.25. The van der Waals surface area contributed by atoms with Crippen LogP contribution < -0.4 is 4.90 Å². The number of rotatable bonds is 11. The van der Waals surface area contributed by atoms with Crippen LogP contribution in [-0.4, -0.2) is 87.2 Å². The second-order valence-electron chi connectivity index (χ2n) is 10.7. The molecule has 6 nitrogen and oxygen atoms in total. The molecule has 3 saturated heterocycles. The third-order valence-electron chi connectivity index (χ3n) is 8.34. The van der Waals surface area contributed by atoms with Crippen LogP contribution in [0.15, 0.2) is 22.9 Å². The molecule has 4 aliphatic heterocycles. The van der Waals surface area contributed by atoms with Crippen LogP contribution in [0.3, 0.4) is 0 Å². The van der Waals surface area contributed by atoms with E-state index in [9.17, 15) is 0 Å². The molecule has 184 valence electrons. The van der Waals surface area contributed by atoms with Crippen molar-refractivity contribution < 1.29 is 23.8 Å². The van der Waals surface area contributed by atoms with Gasteiger partial charge in [-0.15, -0.1) is 11.8 Å². The fourth-order valence-corrected chi connectivity index (χ4v) is 7.99. The first kappa shape index (κ1) is 22.9. The minimum absolute atomic E-state index is 0.355. The molecule has 0 aromatic heterocycles. The number of fused-ring (bicyclic) bond motifs is 2. The summed E-state index contributed by atoms with van der Waals surface area (Å²) in [5.74, 6) is 0.747. The zero-order valence-electron chi connectivity index (χ0n) is 19.9. The first-order valence-electron chi connectivity index (χ1n) is 13.5. The van der Waals surface area contributed by atoms with Gasteiger partial charge >= 0.3 is 0 Å². The van der Waals surface area contributed by atoms with Crippen molar-refractivity contribution in [2.24, 2.45) is 5.92 Å². The fraction of sp³-hybridized carbons (Fsp3) is 0.846. The molecule has 7 atom stereocenters. The van der Waals surface area contributed by atoms with Crippen LogP contribution in [-0.2, 0) is 18.9 Å². The Morgan fingerprint density at radius 3 is 2.52 bits per heavy atom. The molecule has 0 aromatic carbocycles. The minimum atomic E-state index is 0.355. The summed E-state index contributed by atoms with van der Waals surface area (Å²) in [6.45, 7) is 7.00. The van der Waals surface area contributed by atoms with Gasteiger partial charge in [-0.3, -0.25) is 4.90 Å². The third kappa shape index (κ3) is 5.65. The Kier molecular flexibility index (Phi) is 7.34. The number of allylic oxidation sites excluding steroid dienone is 1. The molecule has 2 saturated carbocycles. The molecule has 0 aromatic rings. The summed E-state index contributed by atoms with van der Waals surface area (Å²) in [7, 11) is 0. The molecule has 0 spiro atoms. The molecule has 0 radical (unpaired) electrons. The van der Waals surface area contributed by atoms with Crippen molar-refractivity contribution in [1.82, 2.24) is 4.90 Å². The van der Waals surface area contributed by atoms with Gasteiger partial charge in [-0.1, -0.05) is 19.3 Å². The Hall–Kier alpha value is -0.570. The molecule has 6 rings (SSSR count). The Morgan fingerprint density at radius 1 is 0.970 bits per heavy atom. The lowest BCUT2D eigenvalue weighted by Gasteiger charge is -2.32. The molecular formula is C26H41N2O4S+. The largest absolute Gasteiger partial charge is 0.377 e. The van der Waals surface area contributed by atoms with Crippen LogP contribution in [0, 0.1) is 5.92 Å². The van der Waals surface area contributed by atoms with E-state index in [1.807, 2.05) is 0 Å². The summed E-state index contributed by atoms with van der Waals surface area (Å²) in [4.78, 5) is 4.37. The van der Waals surface area contributed by atoms with Crippen LogP contribution in [0.4, 0.5) is 0 Å². The average Bonchev–Trinajstić information content (AvgIpc) is 3.76. The van der Waals surface area contributed by atoms with Gasteiger partial charge in [-0.2, -0.15) is 0 Å². The summed E-state index contributed by atoms with van der Waals surface area (Å²) in [5.41, 5.74) is 1.52. The molecule has 2 aliphatic carbocycles. The number of hydrogen-bond acceptors (Lipinski definition) is 6. The van der Waals surface area contributed by atoms with Crippen LogP contribution in [0.25, 0.3) is 0 Å². The van der Waals surface area contributed by atoms with Crippen molar-refractivity contribution in [3.05, 3.63) is 22.9 Å². The predicted molar refractivity (Wildman–Crippen MR) is 129 cm³/mol. The molecule has 1 N–H and O–H groups in total. The topological polar surface area (TPSA) is 51.2 Å². The molecular weight excluding hydrogens is 436 g/mol. The molecule has 7 unspecified atom stereocenters. The van der Waals surface area contributed by atoms with E-state index < -0.39 is 0 Å².